The van der Waals surface area contributed by atoms with E-state index >= 15 is 0 Å². The van der Waals surface area contributed by atoms with Gasteiger partial charge in [-0.05, 0) is 75.8 Å². The van der Waals surface area contributed by atoms with Crippen LogP contribution in [0.4, 0.5) is 4.79 Å². The molecule has 1 aliphatic rings. The molecule has 1 fully saturated rings. The van der Waals surface area contributed by atoms with E-state index in [-0.39, 0.29) is 10.8 Å². The summed E-state index contributed by atoms with van der Waals surface area (Å²) >= 11 is 0. The summed E-state index contributed by atoms with van der Waals surface area (Å²) in [6, 6.07) is 19.6. The molecule has 0 bridgehead atoms. The molecule has 1 heterocycles. The summed E-state index contributed by atoms with van der Waals surface area (Å²) in [4.78, 5) is 12.9. The average Bonchev–Trinajstić information content (AvgIpc) is 3.66. The Labute approximate surface area is 262 Å². The summed E-state index contributed by atoms with van der Waals surface area (Å²) in [5.41, 5.74) is 2.74. The van der Waals surface area contributed by atoms with Crippen LogP contribution in [0.3, 0.4) is 0 Å². The smallest absolute Gasteiger partial charge is 0.329 e. The number of sulfonamides is 1. The highest BCUT2D eigenvalue weighted by Gasteiger charge is 2.44. The van der Waals surface area contributed by atoms with E-state index in [2.05, 4.69) is 10.0 Å². The molecule has 3 N–H and O–H groups in total. The van der Waals surface area contributed by atoms with Crippen molar-refractivity contribution in [2.45, 2.75) is 57.4 Å². The van der Waals surface area contributed by atoms with Crippen LogP contribution in [-0.4, -0.2) is 42.9 Å². The number of nitrogens with one attached hydrogen (secondary N) is 2. The van der Waals surface area contributed by atoms with Crippen LogP contribution in [0.2, 0.25) is 0 Å². The SMILES string of the molecule is CCOc1c2ccccc2c(OCC)c2c(O)n(-c3ccc(CC4(NC(=O)NS(=O)(=O)c5ccccc5C)CC4)cc3C)cc12. The maximum Gasteiger partial charge on any atom is 0.329 e. The van der Waals surface area contributed by atoms with E-state index in [1.54, 1.807) is 29.7 Å². The Bertz CT molecular complexity index is 2050. The van der Waals surface area contributed by atoms with Gasteiger partial charge in [-0.25, -0.2) is 17.9 Å². The first-order chi connectivity index (χ1) is 21.6. The van der Waals surface area contributed by atoms with Crippen molar-refractivity contribution >= 4 is 37.6 Å². The Morgan fingerprint density at radius 1 is 0.889 bits per heavy atom. The van der Waals surface area contributed by atoms with Crippen LogP contribution in [0.15, 0.2) is 77.8 Å². The summed E-state index contributed by atoms with van der Waals surface area (Å²) in [6.45, 7) is 8.43. The fraction of sp³-hybridized carbons (Fsp3) is 0.286. The third kappa shape index (κ3) is 5.66. The molecule has 0 aliphatic heterocycles. The Morgan fingerprint density at radius 2 is 1.53 bits per heavy atom. The quantitative estimate of drug-likeness (QED) is 0.159. The van der Waals surface area contributed by atoms with E-state index in [0.29, 0.717) is 42.1 Å². The van der Waals surface area contributed by atoms with Gasteiger partial charge in [0.05, 0.1) is 34.6 Å². The molecule has 2 amide bonds. The Kier molecular flexibility index (Phi) is 7.86. The van der Waals surface area contributed by atoms with Crippen LogP contribution in [0.25, 0.3) is 27.2 Å². The van der Waals surface area contributed by atoms with Crippen molar-refractivity contribution in [3.63, 3.8) is 0 Å². The van der Waals surface area contributed by atoms with Crippen molar-refractivity contribution in [1.29, 1.82) is 0 Å². The van der Waals surface area contributed by atoms with Crippen molar-refractivity contribution in [2.24, 2.45) is 0 Å². The highest BCUT2D eigenvalue weighted by Crippen LogP contribution is 2.48. The molecule has 6 rings (SSSR count). The van der Waals surface area contributed by atoms with Crippen molar-refractivity contribution in [3.8, 4) is 23.1 Å². The molecule has 1 aromatic heterocycles. The molecule has 45 heavy (non-hydrogen) atoms. The Hall–Kier alpha value is -4.70. The van der Waals surface area contributed by atoms with Gasteiger partial charge >= 0.3 is 6.03 Å². The van der Waals surface area contributed by atoms with Crippen LogP contribution in [0.1, 0.15) is 43.4 Å². The molecule has 1 aliphatic carbocycles. The summed E-state index contributed by atoms with van der Waals surface area (Å²) in [5, 5.41) is 17.6. The number of nitrogens with zero attached hydrogens (tertiary/aromatic N) is 1. The molecule has 10 heteroatoms. The number of aromatic hydroxyl groups is 1. The number of benzene rings is 4. The van der Waals surface area contributed by atoms with Crippen molar-refractivity contribution < 1.29 is 27.8 Å². The zero-order chi connectivity index (χ0) is 31.9. The normalized spacial score (nSPS) is 14.0. The number of carbonyl (C=O) groups is 1. The van der Waals surface area contributed by atoms with Gasteiger partial charge in [0.1, 0.15) is 11.5 Å². The number of carbonyl (C=O) groups excluding carboxylic acids is 1. The number of urea groups is 1. The first-order valence-electron chi connectivity index (χ1n) is 15.1. The molecule has 5 aromatic rings. The summed E-state index contributed by atoms with van der Waals surface area (Å²) in [5.74, 6) is 1.36. The molecular formula is C35H37N3O6S. The van der Waals surface area contributed by atoms with Gasteiger partial charge in [0.25, 0.3) is 10.0 Å². The molecule has 234 valence electrons. The van der Waals surface area contributed by atoms with Crippen LogP contribution < -0.4 is 19.5 Å². The monoisotopic (exact) mass is 627 g/mol. The second-order valence-electron chi connectivity index (χ2n) is 11.6. The van der Waals surface area contributed by atoms with Gasteiger partial charge in [-0.3, -0.25) is 4.57 Å². The van der Waals surface area contributed by atoms with E-state index in [1.165, 1.54) is 6.07 Å². The predicted octanol–water partition coefficient (Wildman–Crippen LogP) is 6.67. The van der Waals surface area contributed by atoms with E-state index in [1.807, 2.05) is 69.4 Å². The van der Waals surface area contributed by atoms with Gasteiger partial charge in [-0.1, -0.05) is 54.6 Å². The lowest BCUT2D eigenvalue weighted by Gasteiger charge is -2.19. The van der Waals surface area contributed by atoms with Gasteiger partial charge in [0.2, 0.25) is 5.88 Å². The van der Waals surface area contributed by atoms with E-state index in [9.17, 15) is 18.3 Å². The topological polar surface area (TPSA) is 119 Å². The minimum absolute atomic E-state index is 0.0582. The van der Waals surface area contributed by atoms with Crippen molar-refractivity contribution in [3.05, 3.63) is 89.6 Å². The summed E-state index contributed by atoms with van der Waals surface area (Å²) < 4.78 is 41.7. The molecule has 0 saturated heterocycles. The molecule has 1 saturated carbocycles. The lowest BCUT2D eigenvalue weighted by atomic mass is 10.0. The molecule has 4 aromatic carbocycles. The second kappa shape index (κ2) is 11.7. The highest BCUT2D eigenvalue weighted by atomic mass is 32.2. The predicted molar refractivity (Wildman–Crippen MR) is 175 cm³/mol. The van der Waals surface area contributed by atoms with Crippen LogP contribution in [-0.2, 0) is 16.4 Å². The lowest BCUT2D eigenvalue weighted by Crippen LogP contribution is -2.46. The third-order valence-electron chi connectivity index (χ3n) is 8.35. The third-order valence-corrected chi connectivity index (χ3v) is 9.84. The second-order valence-corrected chi connectivity index (χ2v) is 13.2. The van der Waals surface area contributed by atoms with Gasteiger partial charge in [0.15, 0.2) is 0 Å². The van der Waals surface area contributed by atoms with E-state index in [4.69, 9.17) is 9.47 Å². The number of ether oxygens (including phenoxy) is 2. The zero-order valence-electron chi connectivity index (χ0n) is 25.8. The zero-order valence-corrected chi connectivity index (χ0v) is 26.6. The number of hydrogen-bond donors (Lipinski definition) is 3. The minimum atomic E-state index is -4.00. The number of fused-ring (bicyclic) bond motifs is 2. The first-order valence-corrected chi connectivity index (χ1v) is 16.6. The van der Waals surface area contributed by atoms with E-state index in [0.717, 1.165) is 45.8 Å². The minimum Gasteiger partial charge on any atom is -0.494 e. The fourth-order valence-electron chi connectivity index (χ4n) is 6.12. The van der Waals surface area contributed by atoms with E-state index < -0.39 is 21.6 Å². The maximum atomic E-state index is 12.8. The molecule has 9 nitrogen and oxygen atoms in total. The first kappa shape index (κ1) is 30.3. The van der Waals surface area contributed by atoms with Crippen LogP contribution in [0.5, 0.6) is 17.4 Å². The Morgan fingerprint density at radius 3 is 2.18 bits per heavy atom. The summed E-state index contributed by atoms with van der Waals surface area (Å²) in [7, 11) is -4.00. The number of hydrogen-bond acceptors (Lipinski definition) is 6. The summed E-state index contributed by atoms with van der Waals surface area (Å²) in [6.07, 6.45) is 3.91. The largest absolute Gasteiger partial charge is 0.494 e. The van der Waals surface area contributed by atoms with Crippen LogP contribution >= 0.6 is 0 Å². The molecular weight excluding hydrogens is 590 g/mol. The van der Waals surface area contributed by atoms with Crippen molar-refractivity contribution in [1.82, 2.24) is 14.6 Å². The number of aryl methyl sites for hydroxylation is 2. The number of amides is 2. The van der Waals surface area contributed by atoms with Crippen LogP contribution in [0, 0.1) is 13.8 Å². The van der Waals surface area contributed by atoms with Crippen molar-refractivity contribution in [2.75, 3.05) is 13.2 Å². The lowest BCUT2D eigenvalue weighted by molar-refractivity contribution is 0.240. The van der Waals surface area contributed by atoms with Gasteiger partial charge < -0.3 is 19.9 Å². The maximum absolute atomic E-state index is 12.8. The molecule has 0 spiro atoms. The van der Waals surface area contributed by atoms with Gasteiger partial charge in [0, 0.05) is 22.5 Å². The average molecular weight is 628 g/mol. The highest BCUT2D eigenvalue weighted by molar-refractivity contribution is 7.90. The molecule has 0 unspecified atom stereocenters. The number of rotatable bonds is 10. The number of aromatic nitrogens is 1. The molecule has 0 atom stereocenters. The fourth-order valence-corrected chi connectivity index (χ4v) is 7.27. The standard InChI is InChI=1S/C35H37N3O6S/c1-5-43-31-25-12-8-9-13-26(25)32(44-6-2)30-27(31)21-38(33(30)39)28-16-15-24(19-23(28)4)20-35(17-18-35)36-34(40)37-45(41,42)29-14-10-7-11-22(29)3/h7-16,19,21,39H,5-6,17-18,20H2,1-4H3,(H2,36,37,40). The van der Waals surface area contributed by atoms with Gasteiger partial charge in [-0.15, -0.1) is 0 Å². The Balaban J connectivity index is 1.28. The molecule has 0 radical (unpaired) electrons. The van der Waals surface area contributed by atoms with Gasteiger partial charge in [-0.2, -0.15) is 0 Å².